The summed E-state index contributed by atoms with van der Waals surface area (Å²) in [6.07, 6.45) is -4.41. The van der Waals surface area contributed by atoms with E-state index in [0.717, 1.165) is 12.1 Å². The molecule has 0 spiro atoms. The van der Waals surface area contributed by atoms with Crippen molar-refractivity contribution in [2.75, 3.05) is 30.8 Å². The van der Waals surface area contributed by atoms with Gasteiger partial charge in [-0.05, 0) is 36.4 Å². The van der Waals surface area contributed by atoms with E-state index in [9.17, 15) is 22.8 Å². The number of carbonyl (C=O) groups is 2. The number of amides is 2. The van der Waals surface area contributed by atoms with Crippen molar-refractivity contribution in [3.8, 4) is 0 Å². The zero-order chi connectivity index (χ0) is 20.0. The third-order valence-corrected chi connectivity index (χ3v) is 3.94. The van der Waals surface area contributed by atoms with Crippen molar-refractivity contribution in [1.29, 1.82) is 0 Å². The molecule has 0 aliphatic rings. The average molecular weight is 400 g/mol. The fraction of sp³-hybridized carbons (Fsp3) is 0.222. The van der Waals surface area contributed by atoms with E-state index >= 15 is 0 Å². The Bertz CT molecular complexity index is 810. The zero-order valence-corrected chi connectivity index (χ0v) is 15.1. The highest BCUT2D eigenvalue weighted by Crippen LogP contribution is 2.29. The Labute approximate surface area is 159 Å². The predicted octanol–water partition coefficient (Wildman–Crippen LogP) is 3.87. The SMILES string of the molecule is CN(CC(=O)Nc1ccccc1Cl)C(=O)CNc1ccc(C(F)(F)F)cc1. The Morgan fingerprint density at radius 1 is 1.07 bits per heavy atom. The van der Waals surface area contributed by atoms with Crippen LogP contribution in [0.15, 0.2) is 48.5 Å². The lowest BCUT2D eigenvalue weighted by Crippen LogP contribution is -2.38. The molecule has 0 aromatic heterocycles. The molecular formula is C18H17ClF3N3O2. The minimum atomic E-state index is -4.41. The first-order valence-electron chi connectivity index (χ1n) is 7.86. The van der Waals surface area contributed by atoms with Crippen LogP contribution in [0.5, 0.6) is 0 Å². The Hall–Kier alpha value is -2.74. The highest BCUT2D eigenvalue weighted by atomic mass is 35.5. The largest absolute Gasteiger partial charge is 0.416 e. The van der Waals surface area contributed by atoms with Crippen LogP contribution in [0.3, 0.4) is 0 Å². The smallest absolute Gasteiger partial charge is 0.376 e. The molecule has 2 aromatic carbocycles. The lowest BCUT2D eigenvalue weighted by molar-refractivity contribution is -0.137. The number of nitrogens with zero attached hydrogens (tertiary/aromatic N) is 1. The van der Waals surface area contributed by atoms with Gasteiger partial charge in [-0.15, -0.1) is 0 Å². The second-order valence-electron chi connectivity index (χ2n) is 5.71. The third-order valence-electron chi connectivity index (χ3n) is 3.61. The number of likely N-dealkylation sites (N-methyl/N-ethyl adjacent to an activating group) is 1. The normalized spacial score (nSPS) is 11.0. The standard InChI is InChI=1S/C18H17ClF3N3O2/c1-25(11-16(26)24-15-5-3-2-4-14(15)19)17(27)10-23-13-8-6-12(7-9-13)18(20,21)22/h2-9,23H,10-11H2,1H3,(H,24,26). The van der Waals surface area contributed by atoms with E-state index in [1.54, 1.807) is 24.3 Å². The summed E-state index contributed by atoms with van der Waals surface area (Å²) >= 11 is 5.95. The average Bonchev–Trinajstić information content (AvgIpc) is 2.61. The minimum Gasteiger partial charge on any atom is -0.376 e. The predicted molar refractivity (Wildman–Crippen MR) is 97.7 cm³/mol. The Kier molecular flexibility index (Phi) is 6.68. The molecule has 5 nitrogen and oxygen atoms in total. The van der Waals surface area contributed by atoms with Crippen LogP contribution >= 0.6 is 11.6 Å². The molecule has 0 atom stereocenters. The van der Waals surface area contributed by atoms with Crippen LogP contribution in [0.4, 0.5) is 24.5 Å². The molecule has 0 fully saturated rings. The first-order valence-corrected chi connectivity index (χ1v) is 8.24. The first kappa shape index (κ1) is 20.6. The number of carbonyl (C=O) groups excluding carboxylic acids is 2. The van der Waals surface area contributed by atoms with Gasteiger partial charge >= 0.3 is 6.18 Å². The number of para-hydroxylation sites is 1. The van der Waals surface area contributed by atoms with Crippen LogP contribution in [0.25, 0.3) is 0 Å². The molecule has 2 rings (SSSR count). The van der Waals surface area contributed by atoms with Gasteiger partial charge in [0.25, 0.3) is 0 Å². The topological polar surface area (TPSA) is 61.4 Å². The summed E-state index contributed by atoms with van der Waals surface area (Å²) in [6, 6.07) is 11.0. The fourth-order valence-corrected chi connectivity index (χ4v) is 2.33. The molecular weight excluding hydrogens is 383 g/mol. The van der Waals surface area contributed by atoms with Gasteiger partial charge in [-0.1, -0.05) is 23.7 Å². The summed E-state index contributed by atoms with van der Waals surface area (Å²) in [7, 11) is 1.45. The fourth-order valence-electron chi connectivity index (χ4n) is 2.15. The molecule has 0 aliphatic heterocycles. The summed E-state index contributed by atoms with van der Waals surface area (Å²) < 4.78 is 37.5. The van der Waals surface area contributed by atoms with Crippen molar-refractivity contribution < 1.29 is 22.8 Å². The van der Waals surface area contributed by atoms with E-state index in [-0.39, 0.29) is 13.1 Å². The van der Waals surface area contributed by atoms with Gasteiger partial charge in [0.1, 0.15) is 0 Å². The van der Waals surface area contributed by atoms with Crippen molar-refractivity contribution in [3.05, 3.63) is 59.1 Å². The molecule has 0 aliphatic carbocycles. The van der Waals surface area contributed by atoms with Gasteiger partial charge in [0.05, 0.1) is 29.4 Å². The van der Waals surface area contributed by atoms with Crippen molar-refractivity contribution in [1.82, 2.24) is 4.90 Å². The van der Waals surface area contributed by atoms with E-state index in [4.69, 9.17) is 11.6 Å². The van der Waals surface area contributed by atoms with Crippen LogP contribution in [-0.2, 0) is 15.8 Å². The van der Waals surface area contributed by atoms with Crippen LogP contribution in [0.1, 0.15) is 5.56 Å². The van der Waals surface area contributed by atoms with Gasteiger partial charge in [-0.25, -0.2) is 0 Å². The molecule has 2 N–H and O–H groups in total. The molecule has 27 heavy (non-hydrogen) atoms. The van der Waals surface area contributed by atoms with Crippen molar-refractivity contribution in [2.24, 2.45) is 0 Å². The minimum absolute atomic E-state index is 0.165. The van der Waals surface area contributed by atoms with E-state index < -0.39 is 23.6 Å². The van der Waals surface area contributed by atoms with E-state index in [1.165, 1.54) is 24.1 Å². The van der Waals surface area contributed by atoms with Crippen molar-refractivity contribution >= 4 is 34.8 Å². The van der Waals surface area contributed by atoms with E-state index in [2.05, 4.69) is 10.6 Å². The van der Waals surface area contributed by atoms with Crippen molar-refractivity contribution in [2.45, 2.75) is 6.18 Å². The lowest BCUT2D eigenvalue weighted by atomic mass is 10.2. The van der Waals surface area contributed by atoms with Gasteiger partial charge in [0.2, 0.25) is 11.8 Å². The molecule has 0 saturated heterocycles. The number of rotatable bonds is 6. The van der Waals surface area contributed by atoms with Gasteiger partial charge in [0, 0.05) is 12.7 Å². The second-order valence-corrected chi connectivity index (χ2v) is 6.11. The second kappa shape index (κ2) is 8.77. The maximum absolute atomic E-state index is 12.5. The molecule has 144 valence electrons. The van der Waals surface area contributed by atoms with Crippen molar-refractivity contribution in [3.63, 3.8) is 0 Å². The van der Waals surface area contributed by atoms with E-state index in [1.807, 2.05) is 0 Å². The Morgan fingerprint density at radius 2 is 1.70 bits per heavy atom. The number of benzene rings is 2. The summed E-state index contributed by atoms with van der Waals surface area (Å²) in [5, 5.41) is 5.70. The number of halogens is 4. The highest BCUT2D eigenvalue weighted by molar-refractivity contribution is 6.33. The highest BCUT2D eigenvalue weighted by Gasteiger charge is 2.29. The van der Waals surface area contributed by atoms with Gasteiger partial charge in [-0.2, -0.15) is 13.2 Å². The molecule has 0 radical (unpaired) electrons. The zero-order valence-electron chi connectivity index (χ0n) is 14.3. The number of hydrogen-bond donors (Lipinski definition) is 2. The summed E-state index contributed by atoms with van der Waals surface area (Å²) in [5.74, 6) is -0.822. The third kappa shape index (κ3) is 6.18. The Balaban J connectivity index is 1.83. The monoisotopic (exact) mass is 399 g/mol. The van der Waals surface area contributed by atoms with Gasteiger partial charge < -0.3 is 15.5 Å². The number of hydrogen-bond acceptors (Lipinski definition) is 3. The summed E-state index contributed by atoms with van der Waals surface area (Å²) in [5.41, 5.74) is 0.0332. The molecule has 0 unspecified atom stereocenters. The molecule has 2 aromatic rings. The van der Waals surface area contributed by atoms with Gasteiger partial charge in [-0.3, -0.25) is 9.59 Å². The molecule has 2 amide bonds. The Morgan fingerprint density at radius 3 is 2.30 bits per heavy atom. The van der Waals surface area contributed by atoms with Crippen LogP contribution in [0.2, 0.25) is 5.02 Å². The first-order chi connectivity index (χ1) is 12.7. The molecule has 0 saturated carbocycles. The van der Waals surface area contributed by atoms with Crippen LogP contribution in [0, 0.1) is 0 Å². The molecule has 9 heteroatoms. The quantitative estimate of drug-likeness (QED) is 0.775. The molecule has 0 heterocycles. The number of nitrogens with one attached hydrogen (secondary N) is 2. The van der Waals surface area contributed by atoms with Crippen LogP contribution < -0.4 is 10.6 Å². The summed E-state index contributed by atoms with van der Waals surface area (Å²) in [4.78, 5) is 25.3. The molecule has 0 bridgehead atoms. The number of anilines is 2. The van der Waals surface area contributed by atoms with E-state index in [0.29, 0.717) is 16.4 Å². The maximum Gasteiger partial charge on any atom is 0.416 e. The maximum atomic E-state index is 12.5. The van der Waals surface area contributed by atoms with Gasteiger partial charge in [0.15, 0.2) is 0 Å². The summed E-state index contributed by atoms with van der Waals surface area (Å²) in [6.45, 7) is -0.361. The van der Waals surface area contributed by atoms with Crippen LogP contribution in [-0.4, -0.2) is 36.9 Å². The number of alkyl halides is 3. The lowest BCUT2D eigenvalue weighted by Gasteiger charge is -2.18.